The van der Waals surface area contributed by atoms with Crippen molar-refractivity contribution in [3.8, 4) is 22.6 Å². The molecule has 0 saturated carbocycles. The van der Waals surface area contributed by atoms with Crippen LogP contribution < -0.4 is 20.9 Å². The predicted octanol–water partition coefficient (Wildman–Crippen LogP) is 3.85. The molecule has 1 aliphatic rings. The maximum absolute atomic E-state index is 5.96. The van der Waals surface area contributed by atoms with E-state index >= 15 is 0 Å². The molecule has 0 unspecified atom stereocenters. The average molecular weight is 298 g/mol. The van der Waals surface area contributed by atoms with Crippen molar-refractivity contribution in [3.05, 3.63) is 36.4 Å². The molecule has 0 radical (unpaired) electrons. The molecule has 4 heteroatoms. The number of nitrogen functional groups attached to an aromatic ring is 2. The van der Waals surface area contributed by atoms with E-state index in [1.165, 1.54) is 0 Å². The lowest BCUT2D eigenvalue weighted by atomic mass is 10.0. The van der Waals surface area contributed by atoms with Crippen molar-refractivity contribution in [1.82, 2.24) is 0 Å². The fourth-order valence-corrected chi connectivity index (χ4v) is 2.68. The Kier molecular flexibility index (Phi) is 4.37. The Labute approximate surface area is 131 Å². The molecule has 0 spiro atoms. The number of nitrogens with two attached hydrogens (primary N) is 2. The average Bonchev–Trinajstić information content (AvgIpc) is 2.49. The van der Waals surface area contributed by atoms with Gasteiger partial charge in [0.15, 0.2) is 0 Å². The van der Waals surface area contributed by atoms with Gasteiger partial charge in [-0.2, -0.15) is 0 Å². The number of hydrogen-bond acceptors (Lipinski definition) is 4. The van der Waals surface area contributed by atoms with E-state index in [9.17, 15) is 0 Å². The van der Waals surface area contributed by atoms with Crippen LogP contribution in [0.15, 0.2) is 36.4 Å². The zero-order valence-corrected chi connectivity index (χ0v) is 12.7. The van der Waals surface area contributed by atoms with Crippen LogP contribution in [0, 0.1) is 0 Å². The second-order valence-electron chi connectivity index (χ2n) is 5.62. The van der Waals surface area contributed by atoms with Gasteiger partial charge in [0.05, 0.1) is 13.2 Å². The van der Waals surface area contributed by atoms with E-state index in [0.29, 0.717) is 24.6 Å². The number of ether oxygens (including phenoxy) is 2. The van der Waals surface area contributed by atoms with Gasteiger partial charge in [-0.25, -0.2) is 0 Å². The first kappa shape index (κ1) is 14.6. The Hall–Kier alpha value is -2.36. The van der Waals surface area contributed by atoms with E-state index in [4.69, 9.17) is 20.9 Å². The van der Waals surface area contributed by atoms with Crippen LogP contribution in [0.2, 0.25) is 0 Å². The number of benzene rings is 2. The first-order valence-corrected chi connectivity index (χ1v) is 7.79. The Morgan fingerprint density at radius 2 is 1.09 bits per heavy atom. The summed E-state index contributed by atoms with van der Waals surface area (Å²) in [6.07, 6.45) is 4.38. The molecule has 0 aliphatic carbocycles. The van der Waals surface area contributed by atoms with Crippen LogP contribution >= 0.6 is 0 Å². The Morgan fingerprint density at radius 1 is 0.636 bits per heavy atom. The van der Waals surface area contributed by atoms with Crippen LogP contribution in [0.25, 0.3) is 11.1 Å². The normalized spacial score (nSPS) is 15.3. The molecule has 2 aromatic rings. The largest absolute Gasteiger partial charge is 0.493 e. The van der Waals surface area contributed by atoms with Crippen molar-refractivity contribution in [2.24, 2.45) is 0 Å². The first-order valence-electron chi connectivity index (χ1n) is 7.79. The van der Waals surface area contributed by atoms with Gasteiger partial charge in [0, 0.05) is 34.6 Å². The summed E-state index contributed by atoms with van der Waals surface area (Å²) in [7, 11) is 0. The molecular weight excluding hydrogens is 276 g/mol. The molecule has 0 amide bonds. The fourth-order valence-electron chi connectivity index (χ4n) is 2.68. The smallest absolute Gasteiger partial charge is 0.129 e. The third-order valence-electron chi connectivity index (χ3n) is 3.86. The van der Waals surface area contributed by atoms with E-state index in [0.717, 1.165) is 48.3 Å². The summed E-state index contributed by atoms with van der Waals surface area (Å²) in [5.41, 5.74) is 15.2. The molecule has 22 heavy (non-hydrogen) atoms. The lowest BCUT2D eigenvalue weighted by Gasteiger charge is -2.17. The molecule has 0 atom stereocenters. The molecular formula is C18H22N2O2. The minimum atomic E-state index is 0.698. The topological polar surface area (TPSA) is 70.5 Å². The fraction of sp³-hybridized carbons (Fsp3) is 0.333. The maximum atomic E-state index is 5.96. The van der Waals surface area contributed by atoms with Crippen LogP contribution in [0.3, 0.4) is 0 Å². The van der Waals surface area contributed by atoms with Gasteiger partial charge in [-0.15, -0.1) is 0 Å². The second-order valence-corrected chi connectivity index (χ2v) is 5.62. The number of rotatable bonds is 0. The maximum Gasteiger partial charge on any atom is 0.129 e. The van der Waals surface area contributed by atoms with E-state index in [1.54, 1.807) is 0 Å². The van der Waals surface area contributed by atoms with Crippen molar-refractivity contribution in [2.75, 3.05) is 24.7 Å². The van der Waals surface area contributed by atoms with Gasteiger partial charge in [-0.1, -0.05) is 0 Å². The van der Waals surface area contributed by atoms with Gasteiger partial charge in [0.2, 0.25) is 0 Å². The summed E-state index contributed by atoms with van der Waals surface area (Å²) < 4.78 is 11.9. The van der Waals surface area contributed by atoms with E-state index < -0.39 is 0 Å². The molecule has 0 fully saturated rings. The Balaban J connectivity index is 2.07. The standard InChI is InChI=1S/C18H22N2O2/c19-13-5-7-15-16-8-6-14(20)12-18(16)22-10-4-2-1-3-9-21-17(15)11-13/h5-8,11-12H,1-4,9-10,19-20H2. The van der Waals surface area contributed by atoms with Crippen LogP contribution in [0.5, 0.6) is 11.5 Å². The molecule has 116 valence electrons. The molecule has 0 saturated heterocycles. The van der Waals surface area contributed by atoms with Crippen molar-refractivity contribution < 1.29 is 9.47 Å². The summed E-state index contributed by atoms with van der Waals surface area (Å²) in [5.74, 6) is 1.60. The van der Waals surface area contributed by atoms with Gasteiger partial charge < -0.3 is 20.9 Å². The van der Waals surface area contributed by atoms with E-state index in [1.807, 2.05) is 36.4 Å². The van der Waals surface area contributed by atoms with Gasteiger partial charge in [0.25, 0.3) is 0 Å². The van der Waals surface area contributed by atoms with E-state index in [-0.39, 0.29) is 0 Å². The van der Waals surface area contributed by atoms with Gasteiger partial charge in [0.1, 0.15) is 11.5 Å². The van der Waals surface area contributed by atoms with Crippen molar-refractivity contribution in [3.63, 3.8) is 0 Å². The SMILES string of the molecule is Nc1ccc2c(c1)OCCCCCCOc1cc(N)ccc1-2. The Morgan fingerprint density at radius 3 is 1.55 bits per heavy atom. The third kappa shape index (κ3) is 3.27. The first-order chi connectivity index (χ1) is 10.7. The van der Waals surface area contributed by atoms with Crippen molar-refractivity contribution >= 4 is 11.4 Å². The summed E-state index contributed by atoms with van der Waals surface area (Å²) >= 11 is 0. The minimum absolute atomic E-state index is 0.698. The molecule has 4 N–H and O–H groups in total. The van der Waals surface area contributed by atoms with Crippen LogP contribution in [0.4, 0.5) is 11.4 Å². The lowest BCUT2D eigenvalue weighted by Crippen LogP contribution is -2.04. The molecule has 1 heterocycles. The summed E-state index contributed by atoms with van der Waals surface area (Å²) in [5, 5.41) is 0. The van der Waals surface area contributed by atoms with Crippen molar-refractivity contribution in [1.29, 1.82) is 0 Å². The zero-order valence-electron chi connectivity index (χ0n) is 12.7. The van der Waals surface area contributed by atoms with Gasteiger partial charge >= 0.3 is 0 Å². The molecule has 0 bridgehead atoms. The highest BCUT2D eigenvalue weighted by atomic mass is 16.5. The van der Waals surface area contributed by atoms with Crippen LogP contribution in [0.1, 0.15) is 25.7 Å². The number of anilines is 2. The highest BCUT2D eigenvalue weighted by Crippen LogP contribution is 2.39. The highest BCUT2D eigenvalue weighted by molar-refractivity contribution is 5.79. The van der Waals surface area contributed by atoms with E-state index in [2.05, 4.69) is 0 Å². The summed E-state index contributed by atoms with van der Waals surface area (Å²) in [6.45, 7) is 1.42. The molecule has 2 aromatic carbocycles. The van der Waals surface area contributed by atoms with Crippen LogP contribution in [-0.2, 0) is 0 Å². The number of hydrogen-bond donors (Lipinski definition) is 2. The third-order valence-corrected chi connectivity index (χ3v) is 3.86. The molecule has 0 aromatic heterocycles. The lowest BCUT2D eigenvalue weighted by molar-refractivity contribution is 0.285. The van der Waals surface area contributed by atoms with Gasteiger partial charge in [-0.05, 0) is 49.9 Å². The van der Waals surface area contributed by atoms with Crippen LogP contribution in [-0.4, -0.2) is 13.2 Å². The molecule has 3 rings (SSSR count). The summed E-state index contributed by atoms with van der Waals surface area (Å²) in [4.78, 5) is 0. The molecule has 4 nitrogen and oxygen atoms in total. The highest BCUT2D eigenvalue weighted by Gasteiger charge is 2.13. The Bertz CT molecular complexity index is 598. The second kappa shape index (κ2) is 6.60. The van der Waals surface area contributed by atoms with Gasteiger partial charge in [-0.3, -0.25) is 0 Å². The predicted molar refractivity (Wildman–Crippen MR) is 90.2 cm³/mol. The summed E-state index contributed by atoms with van der Waals surface area (Å²) in [6, 6.07) is 11.5. The molecule has 1 aliphatic heterocycles. The minimum Gasteiger partial charge on any atom is -0.493 e. The zero-order chi connectivity index (χ0) is 15.4. The number of fused-ring (bicyclic) bond motifs is 3. The quantitative estimate of drug-likeness (QED) is 0.725. The van der Waals surface area contributed by atoms with Crippen molar-refractivity contribution in [2.45, 2.75) is 25.7 Å². The monoisotopic (exact) mass is 298 g/mol.